The summed E-state index contributed by atoms with van der Waals surface area (Å²) >= 11 is 0. The first-order valence-electron chi connectivity index (χ1n) is 6.14. The summed E-state index contributed by atoms with van der Waals surface area (Å²) in [6.45, 7) is 7.49. The van der Waals surface area contributed by atoms with E-state index in [0.717, 1.165) is 12.8 Å². The van der Waals surface area contributed by atoms with Gasteiger partial charge in [-0.3, -0.25) is 0 Å². The monoisotopic (exact) mass is 230 g/mol. The van der Waals surface area contributed by atoms with Crippen LogP contribution in [0.2, 0.25) is 0 Å². The number of rotatable bonds is 5. The summed E-state index contributed by atoms with van der Waals surface area (Å²) in [5.74, 6) is 0.637. The van der Waals surface area contributed by atoms with Gasteiger partial charge >= 0.3 is 0 Å². The van der Waals surface area contributed by atoms with Gasteiger partial charge in [0.15, 0.2) is 0 Å². The van der Waals surface area contributed by atoms with E-state index >= 15 is 0 Å². The van der Waals surface area contributed by atoms with Gasteiger partial charge < -0.3 is 4.74 Å². The highest BCUT2D eigenvalue weighted by Gasteiger charge is 2.18. The number of ether oxygens (including phenoxy) is 1. The van der Waals surface area contributed by atoms with Crippen LogP contribution in [0.15, 0.2) is 60.9 Å². The van der Waals surface area contributed by atoms with Crippen LogP contribution in [-0.4, -0.2) is 7.11 Å². The van der Waals surface area contributed by atoms with Crippen LogP contribution in [0.1, 0.15) is 25.7 Å². The van der Waals surface area contributed by atoms with Crippen LogP contribution in [0.5, 0.6) is 0 Å². The lowest BCUT2D eigenvalue weighted by atomic mass is 9.81. The van der Waals surface area contributed by atoms with E-state index in [0.29, 0.717) is 5.92 Å². The summed E-state index contributed by atoms with van der Waals surface area (Å²) in [6.07, 6.45) is 16.5. The topological polar surface area (TPSA) is 9.23 Å². The van der Waals surface area contributed by atoms with Crippen molar-refractivity contribution in [1.29, 1.82) is 0 Å². The van der Waals surface area contributed by atoms with Gasteiger partial charge in [0, 0.05) is 0 Å². The molecule has 1 rings (SSSR count). The van der Waals surface area contributed by atoms with Gasteiger partial charge in [0.25, 0.3) is 0 Å². The molecular formula is C16H22O. The molecule has 0 amide bonds. The van der Waals surface area contributed by atoms with Crippen molar-refractivity contribution in [3.05, 3.63) is 60.9 Å². The van der Waals surface area contributed by atoms with Crippen LogP contribution >= 0.6 is 0 Å². The molecule has 0 radical (unpaired) electrons. The van der Waals surface area contributed by atoms with Crippen molar-refractivity contribution < 1.29 is 4.74 Å². The van der Waals surface area contributed by atoms with Crippen molar-refractivity contribution in [1.82, 2.24) is 0 Å². The zero-order valence-electron chi connectivity index (χ0n) is 10.7. The number of allylic oxidation sites excluding steroid dienone is 7. The molecule has 0 bridgehead atoms. The minimum atomic E-state index is 0.637. The summed E-state index contributed by atoms with van der Waals surface area (Å²) in [4.78, 5) is 0. The smallest absolute Gasteiger partial charge is 0.0816 e. The zero-order valence-corrected chi connectivity index (χ0v) is 10.7. The van der Waals surface area contributed by atoms with Crippen LogP contribution in [0.4, 0.5) is 0 Å². The summed E-state index contributed by atoms with van der Waals surface area (Å²) in [6, 6.07) is 0. The second-order valence-electron chi connectivity index (χ2n) is 4.28. The molecule has 1 heteroatoms. The Labute approximate surface area is 105 Å². The third kappa shape index (κ3) is 4.48. The van der Waals surface area contributed by atoms with E-state index in [1.165, 1.54) is 24.0 Å². The maximum Gasteiger partial charge on any atom is 0.0816 e. The highest BCUT2D eigenvalue weighted by atomic mass is 16.5. The van der Waals surface area contributed by atoms with Gasteiger partial charge in [0.05, 0.1) is 13.4 Å². The predicted octanol–water partition coefficient (Wildman–Crippen LogP) is 4.56. The molecule has 0 aromatic carbocycles. The molecule has 1 saturated carbocycles. The maximum absolute atomic E-state index is 5.07. The molecule has 0 saturated heterocycles. The van der Waals surface area contributed by atoms with Gasteiger partial charge in [0.2, 0.25) is 0 Å². The second-order valence-corrected chi connectivity index (χ2v) is 4.28. The number of hydrogen-bond donors (Lipinski definition) is 0. The molecule has 1 fully saturated rings. The van der Waals surface area contributed by atoms with Crippen LogP contribution in [0.3, 0.4) is 0 Å². The highest BCUT2D eigenvalue weighted by molar-refractivity contribution is 5.28. The van der Waals surface area contributed by atoms with Crippen LogP contribution in [0.25, 0.3) is 0 Å². The first kappa shape index (κ1) is 13.6. The van der Waals surface area contributed by atoms with Gasteiger partial charge in [-0.2, -0.15) is 0 Å². The summed E-state index contributed by atoms with van der Waals surface area (Å²) in [5.41, 5.74) is 2.78. The Kier molecular flexibility index (Phi) is 6.16. The highest BCUT2D eigenvalue weighted by Crippen LogP contribution is 2.33. The van der Waals surface area contributed by atoms with E-state index in [1.54, 1.807) is 7.11 Å². The lowest BCUT2D eigenvalue weighted by Crippen LogP contribution is -2.10. The Morgan fingerprint density at radius 3 is 2.47 bits per heavy atom. The minimum absolute atomic E-state index is 0.637. The minimum Gasteiger partial charge on any atom is -0.504 e. The Morgan fingerprint density at radius 2 is 1.94 bits per heavy atom. The lowest BCUT2D eigenvalue weighted by molar-refractivity contribution is 0.324. The maximum atomic E-state index is 5.07. The van der Waals surface area contributed by atoms with E-state index in [2.05, 4.69) is 25.3 Å². The fourth-order valence-corrected chi connectivity index (χ4v) is 2.25. The van der Waals surface area contributed by atoms with E-state index in [9.17, 15) is 0 Å². The first-order chi connectivity index (χ1) is 8.31. The van der Waals surface area contributed by atoms with Crippen LogP contribution in [-0.2, 0) is 4.74 Å². The molecule has 0 aliphatic heterocycles. The van der Waals surface area contributed by atoms with Gasteiger partial charge in [-0.15, -0.1) is 0 Å². The molecule has 0 unspecified atom stereocenters. The Hall–Kier alpha value is -1.50. The van der Waals surface area contributed by atoms with Crippen LogP contribution < -0.4 is 0 Å². The summed E-state index contributed by atoms with van der Waals surface area (Å²) < 4.78 is 5.07. The molecule has 0 aromatic heterocycles. The van der Waals surface area contributed by atoms with Crippen molar-refractivity contribution in [2.24, 2.45) is 5.92 Å². The van der Waals surface area contributed by atoms with Gasteiger partial charge in [-0.25, -0.2) is 0 Å². The fraction of sp³-hybridized carbons (Fsp3) is 0.375. The van der Waals surface area contributed by atoms with E-state index in [4.69, 9.17) is 4.74 Å². The van der Waals surface area contributed by atoms with E-state index in [1.807, 2.05) is 24.5 Å². The summed E-state index contributed by atoms with van der Waals surface area (Å²) in [7, 11) is 1.72. The third-order valence-electron chi connectivity index (χ3n) is 3.12. The second kappa shape index (κ2) is 7.72. The van der Waals surface area contributed by atoms with Gasteiger partial charge in [-0.1, -0.05) is 43.5 Å². The molecule has 1 aliphatic carbocycles. The largest absolute Gasteiger partial charge is 0.504 e. The molecule has 0 heterocycles. The van der Waals surface area contributed by atoms with Crippen molar-refractivity contribution >= 4 is 0 Å². The molecule has 0 N–H and O–H groups in total. The first-order valence-corrected chi connectivity index (χ1v) is 6.14. The van der Waals surface area contributed by atoms with Crippen molar-refractivity contribution in [3.63, 3.8) is 0 Å². The standard InChI is InChI=1S/C16H22O/c1-4-6-8-15(7-5-2)16-11-9-14(10-12-16)13-17-3/h4-8,13,16H,1-2,9-12H2,3H3/b8-6-,14-13?,15-7+. The molecule has 1 aliphatic rings. The van der Waals surface area contributed by atoms with Crippen molar-refractivity contribution in [2.75, 3.05) is 7.11 Å². The molecule has 0 atom stereocenters. The van der Waals surface area contributed by atoms with Crippen LogP contribution in [0, 0.1) is 5.92 Å². The SMILES string of the molecule is C=C/C=C\C(=C/C=C)C1CCC(=COC)CC1. The van der Waals surface area contributed by atoms with E-state index < -0.39 is 0 Å². The van der Waals surface area contributed by atoms with Gasteiger partial charge in [0.1, 0.15) is 0 Å². The number of hydrogen-bond acceptors (Lipinski definition) is 1. The Bertz CT molecular complexity index is 335. The van der Waals surface area contributed by atoms with E-state index in [-0.39, 0.29) is 0 Å². The average Bonchev–Trinajstić information content (AvgIpc) is 2.36. The molecule has 1 nitrogen and oxygen atoms in total. The van der Waals surface area contributed by atoms with Gasteiger partial charge in [-0.05, 0) is 42.7 Å². The fourth-order valence-electron chi connectivity index (χ4n) is 2.25. The molecule has 92 valence electrons. The normalized spacial score (nSPS) is 21.4. The quantitative estimate of drug-likeness (QED) is 0.497. The summed E-state index contributed by atoms with van der Waals surface area (Å²) in [5, 5.41) is 0. The van der Waals surface area contributed by atoms with Crippen molar-refractivity contribution in [3.8, 4) is 0 Å². The van der Waals surface area contributed by atoms with Crippen molar-refractivity contribution in [2.45, 2.75) is 25.7 Å². The predicted molar refractivity (Wildman–Crippen MR) is 74.7 cm³/mol. The molecular weight excluding hydrogens is 208 g/mol. The Balaban J connectivity index is 2.64. The molecule has 0 spiro atoms. The number of methoxy groups -OCH3 is 1. The molecule has 17 heavy (non-hydrogen) atoms. The average molecular weight is 230 g/mol. The molecule has 0 aromatic rings. The third-order valence-corrected chi connectivity index (χ3v) is 3.12. The zero-order chi connectivity index (χ0) is 12.5. The lowest BCUT2D eigenvalue weighted by Gasteiger charge is -2.24. The Morgan fingerprint density at radius 1 is 1.24 bits per heavy atom.